The number of benzene rings is 1. The molecule has 112 valence electrons. The number of ether oxygens (including phenoxy) is 1. The molecule has 0 unspecified atom stereocenters. The Morgan fingerprint density at radius 3 is 2.55 bits per heavy atom. The smallest absolute Gasteiger partial charge is 0.233 e. The highest BCUT2D eigenvalue weighted by molar-refractivity contribution is 8.13. The van der Waals surface area contributed by atoms with Gasteiger partial charge in [0.05, 0.1) is 12.4 Å². The normalized spacial score (nSPS) is 18.1. The minimum Gasteiger partial charge on any atom is -0.493 e. The van der Waals surface area contributed by atoms with E-state index in [1.54, 1.807) is 13.0 Å². The van der Waals surface area contributed by atoms with Crippen LogP contribution >= 0.6 is 10.7 Å². The van der Waals surface area contributed by atoms with Crippen LogP contribution < -0.4 is 4.74 Å². The third-order valence-corrected chi connectivity index (χ3v) is 5.10. The van der Waals surface area contributed by atoms with Gasteiger partial charge in [-0.1, -0.05) is 12.8 Å². The maximum absolute atomic E-state index is 13.0. The molecule has 0 atom stereocenters. The van der Waals surface area contributed by atoms with Gasteiger partial charge in [0.25, 0.3) is 0 Å². The summed E-state index contributed by atoms with van der Waals surface area (Å²) in [6, 6.07) is 4.30. The van der Waals surface area contributed by atoms with Gasteiger partial charge in [-0.25, -0.2) is 12.8 Å². The van der Waals surface area contributed by atoms with Crippen molar-refractivity contribution in [2.24, 2.45) is 5.41 Å². The highest BCUT2D eigenvalue weighted by Crippen LogP contribution is 2.40. The average Bonchev–Trinajstić information content (AvgIpc) is 2.74. The maximum Gasteiger partial charge on any atom is 0.233 e. The summed E-state index contributed by atoms with van der Waals surface area (Å²) >= 11 is 0. The van der Waals surface area contributed by atoms with E-state index in [0.717, 1.165) is 25.7 Å². The molecule has 1 aromatic rings. The van der Waals surface area contributed by atoms with E-state index in [4.69, 9.17) is 15.4 Å². The van der Waals surface area contributed by atoms with Crippen LogP contribution in [0, 0.1) is 18.2 Å². The summed E-state index contributed by atoms with van der Waals surface area (Å²) in [4.78, 5) is 0. The molecule has 0 N–H and O–H groups in total. The number of rotatable bonds is 5. The second-order valence-electron chi connectivity index (χ2n) is 5.59. The Balaban J connectivity index is 2.09. The van der Waals surface area contributed by atoms with Crippen molar-refractivity contribution in [2.75, 3.05) is 12.4 Å². The summed E-state index contributed by atoms with van der Waals surface area (Å²) in [6.07, 6.45) is 3.55. The first-order valence-electron chi connectivity index (χ1n) is 6.61. The molecule has 1 aliphatic rings. The van der Waals surface area contributed by atoms with Gasteiger partial charge in [-0.3, -0.25) is 0 Å². The lowest BCUT2D eigenvalue weighted by Gasteiger charge is -2.27. The molecule has 20 heavy (non-hydrogen) atoms. The van der Waals surface area contributed by atoms with Crippen molar-refractivity contribution >= 4 is 19.7 Å². The van der Waals surface area contributed by atoms with E-state index in [1.807, 2.05) is 0 Å². The molecule has 0 spiro atoms. The van der Waals surface area contributed by atoms with Crippen LogP contribution in [-0.2, 0) is 9.05 Å². The first kappa shape index (κ1) is 15.6. The van der Waals surface area contributed by atoms with E-state index in [2.05, 4.69) is 0 Å². The largest absolute Gasteiger partial charge is 0.493 e. The summed E-state index contributed by atoms with van der Waals surface area (Å²) in [6.45, 7) is 2.06. The molecule has 0 aliphatic heterocycles. The molecule has 1 aromatic carbocycles. The van der Waals surface area contributed by atoms with Crippen LogP contribution in [0.4, 0.5) is 4.39 Å². The van der Waals surface area contributed by atoms with Crippen LogP contribution in [0.2, 0.25) is 0 Å². The zero-order valence-corrected chi connectivity index (χ0v) is 12.9. The summed E-state index contributed by atoms with van der Waals surface area (Å²) in [7, 11) is 1.85. The molecule has 0 saturated heterocycles. The van der Waals surface area contributed by atoms with E-state index < -0.39 is 14.5 Å². The molecule has 0 bridgehead atoms. The second-order valence-corrected chi connectivity index (χ2v) is 8.37. The van der Waals surface area contributed by atoms with Crippen LogP contribution in [0.5, 0.6) is 5.75 Å². The van der Waals surface area contributed by atoms with Gasteiger partial charge < -0.3 is 4.74 Å². The Bertz CT molecular complexity index is 580. The molecule has 0 amide bonds. The first-order valence-corrected chi connectivity index (χ1v) is 9.09. The number of hydrogen-bond acceptors (Lipinski definition) is 3. The molecule has 0 radical (unpaired) electrons. The minimum atomic E-state index is -3.55. The highest BCUT2D eigenvalue weighted by atomic mass is 35.7. The Morgan fingerprint density at radius 2 is 2.00 bits per heavy atom. The topological polar surface area (TPSA) is 43.4 Å². The van der Waals surface area contributed by atoms with Crippen molar-refractivity contribution in [2.45, 2.75) is 32.6 Å². The Labute approximate surface area is 123 Å². The maximum atomic E-state index is 13.0. The van der Waals surface area contributed by atoms with Crippen LogP contribution in [-0.4, -0.2) is 20.8 Å². The summed E-state index contributed by atoms with van der Waals surface area (Å²) in [5.41, 5.74) is 0.286. The summed E-state index contributed by atoms with van der Waals surface area (Å²) < 4.78 is 41.5. The lowest BCUT2D eigenvalue weighted by atomic mass is 9.90. The Kier molecular flexibility index (Phi) is 4.59. The standard InChI is InChI=1S/C14H18ClFO3S/c1-11-8-12(16)4-5-13(11)19-9-14(6-2-3-7-14)10-20(15,17)18/h4-5,8H,2-3,6-7,9-10H2,1H3. The van der Waals surface area contributed by atoms with Gasteiger partial charge in [-0.05, 0) is 43.5 Å². The third-order valence-electron chi connectivity index (χ3n) is 3.81. The van der Waals surface area contributed by atoms with Gasteiger partial charge in [-0.2, -0.15) is 0 Å². The van der Waals surface area contributed by atoms with Crippen LogP contribution in [0.25, 0.3) is 0 Å². The van der Waals surface area contributed by atoms with Gasteiger partial charge in [0.15, 0.2) is 0 Å². The molecule has 6 heteroatoms. The first-order chi connectivity index (χ1) is 9.30. The van der Waals surface area contributed by atoms with Gasteiger partial charge in [0, 0.05) is 16.1 Å². The third kappa shape index (κ3) is 4.09. The lowest BCUT2D eigenvalue weighted by molar-refractivity contribution is 0.170. The van der Waals surface area contributed by atoms with Crippen molar-refractivity contribution < 1.29 is 17.5 Å². The van der Waals surface area contributed by atoms with E-state index >= 15 is 0 Å². The average molecular weight is 321 g/mol. The van der Waals surface area contributed by atoms with E-state index in [9.17, 15) is 12.8 Å². The molecule has 0 aromatic heterocycles. The Morgan fingerprint density at radius 1 is 1.35 bits per heavy atom. The van der Waals surface area contributed by atoms with Gasteiger partial charge in [0.1, 0.15) is 11.6 Å². The van der Waals surface area contributed by atoms with Crippen molar-refractivity contribution in [3.05, 3.63) is 29.6 Å². The van der Waals surface area contributed by atoms with Gasteiger partial charge in [-0.15, -0.1) is 0 Å². The fourth-order valence-electron chi connectivity index (χ4n) is 2.83. The predicted octanol–water partition coefficient (Wildman–Crippen LogP) is 3.64. The number of halogens is 2. The number of hydrogen-bond donors (Lipinski definition) is 0. The summed E-state index contributed by atoms with van der Waals surface area (Å²) in [5, 5.41) is 0. The van der Waals surface area contributed by atoms with Crippen molar-refractivity contribution in [3.8, 4) is 5.75 Å². The monoisotopic (exact) mass is 320 g/mol. The predicted molar refractivity (Wildman–Crippen MR) is 77.2 cm³/mol. The highest BCUT2D eigenvalue weighted by Gasteiger charge is 2.38. The quantitative estimate of drug-likeness (QED) is 0.778. The van der Waals surface area contributed by atoms with Crippen LogP contribution in [0.15, 0.2) is 18.2 Å². The van der Waals surface area contributed by atoms with Crippen molar-refractivity contribution in [1.82, 2.24) is 0 Å². The lowest BCUT2D eigenvalue weighted by Crippen LogP contribution is -2.32. The molecule has 1 saturated carbocycles. The molecular weight excluding hydrogens is 303 g/mol. The fraction of sp³-hybridized carbons (Fsp3) is 0.571. The van der Waals surface area contributed by atoms with Gasteiger partial charge >= 0.3 is 0 Å². The Hall–Kier alpha value is -0.810. The number of aryl methyl sites for hydroxylation is 1. The van der Waals surface area contributed by atoms with Crippen LogP contribution in [0.1, 0.15) is 31.2 Å². The fourth-order valence-corrected chi connectivity index (χ4v) is 4.62. The molecule has 3 nitrogen and oxygen atoms in total. The second kappa shape index (κ2) is 5.90. The molecule has 0 heterocycles. The van der Waals surface area contributed by atoms with E-state index in [0.29, 0.717) is 17.9 Å². The summed E-state index contributed by atoms with van der Waals surface area (Å²) in [5.74, 6) is 0.209. The molecule has 2 rings (SSSR count). The van der Waals surface area contributed by atoms with E-state index in [-0.39, 0.29) is 11.6 Å². The molecule has 1 aliphatic carbocycles. The minimum absolute atomic E-state index is 0.0677. The van der Waals surface area contributed by atoms with Crippen LogP contribution in [0.3, 0.4) is 0 Å². The van der Waals surface area contributed by atoms with Crippen molar-refractivity contribution in [1.29, 1.82) is 0 Å². The molecule has 1 fully saturated rings. The zero-order valence-electron chi connectivity index (χ0n) is 11.4. The molecular formula is C14H18ClFO3S. The zero-order chi connectivity index (χ0) is 14.8. The van der Waals surface area contributed by atoms with Crippen molar-refractivity contribution in [3.63, 3.8) is 0 Å². The van der Waals surface area contributed by atoms with Gasteiger partial charge in [0.2, 0.25) is 9.05 Å². The SMILES string of the molecule is Cc1cc(F)ccc1OCC1(CS(=O)(=O)Cl)CCCC1. The van der Waals surface area contributed by atoms with E-state index in [1.165, 1.54) is 12.1 Å².